The molecule has 1 aromatic carbocycles. The van der Waals surface area contributed by atoms with Gasteiger partial charge in [-0.15, -0.1) is 0 Å². The fraction of sp³-hybridized carbons (Fsp3) is 0.556. The van der Waals surface area contributed by atoms with Crippen LogP contribution in [-0.4, -0.2) is 42.5 Å². The number of halogens is 2. The van der Waals surface area contributed by atoms with Gasteiger partial charge in [-0.25, -0.2) is 18.7 Å². The summed E-state index contributed by atoms with van der Waals surface area (Å²) in [6.45, 7) is 3.77. The molecule has 2 heterocycles. The molecule has 0 bridgehead atoms. The number of hydrogen-bond acceptors (Lipinski definition) is 6. The van der Waals surface area contributed by atoms with Crippen molar-refractivity contribution in [1.82, 2.24) is 14.5 Å². The Labute approximate surface area is 210 Å². The van der Waals surface area contributed by atoms with Gasteiger partial charge in [0.1, 0.15) is 23.0 Å². The molecule has 194 valence electrons. The second-order valence-corrected chi connectivity index (χ2v) is 10.9. The van der Waals surface area contributed by atoms with Crippen molar-refractivity contribution in [3.05, 3.63) is 42.1 Å². The molecule has 0 atom stereocenters. The van der Waals surface area contributed by atoms with Crippen LogP contribution in [-0.2, 0) is 0 Å². The molecule has 0 unspecified atom stereocenters. The van der Waals surface area contributed by atoms with Crippen LogP contribution in [0, 0.1) is 17.6 Å². The number of rotatable bonds is 6. The molecule has 0 saturated heterocycles. The van der Waals surface area contributed by atoms with Crippen molar-refractivity contribution in [2.75, 3.05) is 10.6 Å². The summed E-state index contributed by atoms with van der Waals surface area (Å²) in [7, 11) is 0. The van der Waals surface area contributed by atoms with E-state index in [1.165, 1.54) is 12.1 Å². The van der Waals surface area contributed by atoms with Crippen LogP contribution in [0.25, 0.3) is 11.0 Å². The molecule has 0 aliphatic heterocycles. The monoisotopic (exact) mass is 499 g/mol. The van der Waals surface area contributed by atoms with Crippen LogP contribution in [0.15, 0.2) is 30.5 Å². The zero-order valence-electron chi connectivity index (χ0n) is 20.8. The van der Waals surface area contributed by atoms with Crippen LogP contribution >= 0.6 is 0 Å². The highest BCUT2D eigenvalue weighted by Crippen LogP contribution is 2.37. The van der Waals surface area contributed by atoms with E-state index in [0.29, 0.717) is 30.2 Å². The maximum absolute atomic E-state index is 14.4. The molecular formula is C27H35F2N5O2. The third kappa shape index (κ3) is 5.32. The molecule has 2 aromatic heterocycles. The summed E-state index contributed by atoms with van der Waals surface area (Å²) in [6.07, 6.45) is 8.20. The molecule has 2 saturated carbocycles. The molecule has 4 N–H and O–H groups in total. The van der Waals surface area contributed by atoms with Gasteiger partial charge in [-0.1, -0.05) is 0 Å². The predicted octanol–water partition coefficient (Wildman–Crippen LogP) is 5.67. The Balaban J connectivity index is 1.43. The van der Waals surface area contributed by atoms with Gasteiger partial charge >= 0.3 is 0 Å². The molecule has 0 amide bonds. The van der Waals surface area contributed by atoms with Gasteiger partial charge in [-0.3, -0.25) is 0 Å². The maximum Gasteiger partial charge on any atom is 0.208 e. The van der Waals surface area contributed by atoms with Gasteiger partial charge in [0.05, 0.1) is 29.1 Å². The SMILES string of the molecule is CC(C)(O)C1CCC(Nc2cc3c(cn2)nc(Nc2ccc(F)cc2F)n3C2CCC(O)CC2)CC1. The lowest BCUT2D eigenvalue weighted by molar-refractivity contribution is -0.000403. The number of fused-ring (bicyclic) bond motifs is 1. The van der Waals surface area contributed by atoms with Crippen molar-refractivity contribution in [2.24, 2.45) is 5.92 Å². The van der Waals surface area contributed by atoms with Crippen LogP contribution in [0.5, 0.6) is 0 Å². The van der Waals surface area contributed by atoms with E-state index in [9.17, 15) is 19.0 Å². The van der Waals surface area contributed by atoms with Crippen LogP contribution < -0.4 is 10.6 Å². The number of imidazole rings is 1. The molecule has 7 nitrogen and oxygen atoms in total. The Hall–Kier alpha value is -2.78. The summed E-state index contributed by atoms with van der Waals surface area (Å²) in [4.78, 5) is 9.29. The summed E-state index contributed by atoms with van der Waals surface area (Å²) < 4.78 is 29.9. The highest BCUT2D eigenvalue weighted by Gasteiger charge is 2.31. The van der Waals surface area contributed by atoms with Gasteiger partial charge < -0.3 is 25.4 Å². The number of hydrogen-bond donors (Lipinski definition) is 4. The lowest BCUT2D eigenvalue weighted by atomic mass is 9.77. The second kappa shape index (κ2) is 9.94. The first-order chi connectivity index (χ1) is 17.2. The van der Waals surface area contributed by atoms with Gasteiger partial charge in [0.15, 0.2) is 0 Å². The third-order valence-electron chi connectivity index (χ3n) is 7.86. The maximum atomic E-state index is 14.4. The number of nitrogens with one attached hydrogen (secondary N) is 2. The zero-order chi connectivity index (χ0) is 25.4. The van der Waals surface area contributed by atoms with Crippen molar-refractivity contribution < 1.29 is 19.0 Å². The van der Waals surface area contributed by atoms with E-state index in [1.807, 2.05) is 19.9 Å². The minimum atomic E-state index is -0.685. The Morgan fingerprint density at radius 2 is 1.72 bits per heavy atom. The van der Waals surface area contributed by atoms with Crippen LogP contribution in [0.3, 0.4) is 0 Å². The van der Waals surface area contributed by atoms with E-state index >= 15 is 0 Å². The Bertz CT molecular complexity index is 1210. The van der Waals surface area contributed by atoms with Crippen LogP contribution in [0.2, 0.25) is 0 Å². The summed E-state index contributed by atoms with van der Waals surface area (Å²) in [5, 5.41) is 27.0. The highest BCUT2D eigenvalue weighted by molar-refractivity contribution is 5.81. The number of pyridine rings is 1. The molecule has 3 aromatic rings. The number of anilines is 3. The molecule has 9 heteroatoms. The number of aliphatic hydroxyl groups excluding tert-OH is 1. The van der Waals surface area contributed by atoms with Crippen molar-refractivity contribution in [2.45, 2.75) is 89.0 Å². The number of aromatic nitrogens is 3. The van der Waals surface area contributed by atoms with Crippen molar-refractivity contribution >= 4 is 28.5 Å². The summed E-state index contributed by atoms with van der Waals surface area (Å²) >= 11 is 0. The molecule has 0 radical (unpaired) electrons. The van der Waals surface area contributed by atoms with Gasteiger partial charge in [-0.2, -0.15) is 0 Å². The first-order valence-corrected chi connectivity index (χ1v) is 12.9. The average Bonchev–Trinajstić information content (AvgIpc) is 3.18. The largest absolute Gasteiger partial charge is 0.393 e. The summed E-state index contributed by atoms with van der Waals surface area (Å²) in [5.74, 6) is 0.209. The minimum absolute atomic E-state index is 0.0851. The average molecular weight is 500 g/mol. The fourth-order valence-corrected chi connectivity index (χ4v) is 5.72. The van der Waals surface area contributed by atoms with Crippen LogP contribution in [0.1, 0.15) is 71.3 Å². The topological polar surface area (TPSA) is 95.2 Å². The van der Waals surface area contributed by atoms with E-state index in [4.69, 9.17) is 4.98 Å². The van der Waals surface area contributed by atoms with Crippen molar-refractivity contribution in [1.29, 1.82) is 0 Å². The highest BCUT2D eigenvalue weighted by atomic mass is 19.1. The molecule has 0 spiro atoms. The molecule has 36 heavy (non-hydrogen) atoms. The Kier molecular flexibility index (Phi) is 6.87. The van der Waals surface area contributed by atoms with Gasteiger partial charge in [-0.05, 0) is 83.3 Å². The van der Waals surface area contributed by atoms with E-state index in [0.717, 1.165) is 55.9 Å². The fourth-order valence-electron chi connectivity index (χ4n) is 5.72. The molecule has 5 rings (SSSR count). The molecule has 2 fully saturated rings. The minimum Gasteiger partial charge on any atom is -0.393 e. The van der Waals surface area contributed by atoms with E-state index < -0.39 is 17.2 Å². The van der Waals surface area contributed by atoms with E-state index in [-0.39, 0.29) is 23.9 Å². The first-order valence-electron chi connectivity index (χ1n) is 12.9. The molecule has 2 aliphatic rings. The van der Waals surface area contributed by atoms with Gasteiger partial charge in [0, 0.05) is 24.2 Å². The summed E-state index contributed by atoms with van der Waals surface area (Å²) in [5.41, 5.74) is 1.06. The zero-order valence-corrected chi connectivity index (χ0v) is 20.8. The van der Waals surface area contributed by atoms with E-state index in [1.54, 1.807) is 6.20 Å². The normalized spacial score (nSPS) is 25.2. The lowest BCUT2D eigenvalue weighted by Crippen LogP contribution is -2.37. The number of nitrogens with zero attached hydrogens (tertiary/aromatic N) is 3. The van der Waals surface area contributed by atoms with E-state index in [2.05, 4.69) is 20.2 Å². The molecule has 2 aliphatic carbocycles. The Morgan fingerprint density at radius 3 is 2.39 bits per heavy atom. The van der Waals surface area contributed by atoms with Gasteiger partial charge in [0.25, 0.3) is 0 Å². The van der Waals surface area contributed by atoms with Crippen molar-refractivity contribution in [3.63, 3.8) is 0 Å². The molecular weight excluding hydrogens is 464 g/mol. The first kappa shape index (κ1) is 24.9. The third-order valence-corrected chi connectivity index (χ3v) is 7.86. The lowest BCUT2D eigenvalue weighted by Gasteiger charge is -2.36. The van der Waals surface area contributed by atoms with Crippen LogP contribution in [0.4, 0.5) is 26.2 Å². The predicted molar refractivity (Wildman–Crippen MR) is 136 cm³/mol. The Morgan fingerprint density at radius 1 is 1.00 bits per heavy atom. The summed E-state index contributed by atoms with van der Waals surface area (Å²) in [6, 6.07) is 5.78. The number of benzene rings is 1. The van der Waals surface area contributed by atoms with Gasteiger partial charge in [0.2, 0.25) is 5.95 Å². The smallest absolute Gasteiger partial charge is 0.208 e. The number of aliphatic hydroxyl groups is 2. The second-order valence-electron chi connectivity index (χ2n) is 10.9. The van der Waals surface area contributed by atoms with Crippen molar-refractivity contribution in [3.8, 4) is 0 Å². The quantitative estimate of drug-likeness (QED) is 0.349. The standard InChI is InChI=1S/C27H35F2N5O2/c1-27(2,36)16-3-6-18(7-4-16)31-25-14-24-23(15-30-25)33-26(32-22-12-5-17(28)13-21(22)29)34(24)19-8-10-20(35)11-9-19/h5,12-16,18-20,35-36H,3-4,6-11H2,1-2H3,(H,30,31)(H,32,33).